The molecule has 3 nitrogen and oxygen atoms in total. The van der Waals surface area contributed by atoms with E-state index in [-0.39, 0.29) is 0 Å². The van der Waals surface area contributed by atoms with Crippen LogP contribution in [0.2, 0.25) is 0 Å². The molecule has 0 aliphatic rings. The van der Waals surface area contributed by atoms with Crippen molar-refractivity contribution in [2.75, 3.05) is 0 Å². The van der Waals surface area contributed by atoms with Gasteiger partial charge in [0.15, 0.2) is 0 Å². The third-order valence-electron chi connectivity index (χ3n) is 0.836. The number of imidazole rings is 1. The minimum Gasteiger partial charge on any atom is -0.385 e. The van der Waals surface area contributed by atoms with Crippen molar-refractivity contribution in [3.8, 4) is 0 Å². The van der Waals surface area contributed by atoms with Gasteiger partial charge in [0, 0.05) is 12.4 Å². The molecule has 1 aromatic heterocycles. The summed E-state index contributed by atoms with van der Waals surface area (Å²) in [6, 6.07) is 0. The van der Waals surface area contributed by atoms with Gasteiger partial charge in [0.2, 0.25) is 0 Å². The summed E-state index contributed by atoms with van der Waals surface area (Å²) in [4.78, 5) is 3.77. The third-order valence-corrected chi connectivity index (χ3v) is 0.836. The van der Waals surface area contributed by atoms with E-state index in [1.807, 2.05) is 0 Å². The van der Waals surface area contributed by atoms with Crippen LogP contribution in [0.3, 0.4) is 0 Å². The summed E-state index contributed by atoms with van der Waals surface area (Å²) >= 11 is 0. The van der Waals surface area contributed by atoms with Gasteiger partial charge in [-0.25, -0.2) is 4.98 Å². The molecule has 0 atom stereocenters. The van der Waals surface area contributed by atoms with Crippen molar-refractivity contribution in [1.29, 1.82) is 0 Å². The smallest absolute Gasteiger partial charge is 0.101 e. The summed E-state index contributed by atoms with van der Waals surface area (Å²) in [5.41, 5.74) is 5.29. The van der Waals surface area contributed by atoms with Gasteiger partial charge >= 0.3 is 0 Å². The zero-order valence-electron chi connectivity index (χ0n) is 4.41. The van der Waals surface area contributed by atoms with E-state index in [9.17, 15) is 0 Å². The van der Waals surface area contributed by atoms with Gasteiger partial charge in [-0.1, -0.05) is 6.58 Å². The van der Waals surface area contributed by atoms with Crippen molar-refractivity contribution in [2.24, 2.45) is 5.73 Å². The number of hydrogen-bond acceptors (Lipinski definition) is 2. The summed E-state index contributed by atoms with van der Waals surface area (Å²) in [6.45, 7) is 3.50. The SMILES string of the molecule is C=C(N)n1ccnc1. The molecule has 0 saturated carbocycles. The van der Waals surface area contributed by atoms with Crippen LogP contribution < -0.4 is 5.73 Å². The molecule has 0 bridgehead atoms. The molecular formula is C5H7N3. The Morgan fingerprint density at radius 3 is 2.75 bits per heavy atom. The lowest BCUT2D eigenvalue weighted by Gasteiger charge is -1.94. The van der Waals surface area contributed by atoms with E-state index >= 15 is 0 Å². The maximum atomic E-state index is 5.29. The van der Waals surface area contributed by atoms with Crippen LogP contribution in [0.5, 0.6) is 0 Å². The predicted octanol–water partition coefficient (Wildman–Crippen LogP) is 0.270. The summed E-state index contributed by atoms with van der Waals surface area (Å²) in [7, 11) is 0. The Morgan fingerprint density at radius 2 is 2.50 bits per heavy atom. The van der Waals surface area contributed by atoms with Gasteiger partial charge in [-0.05, 0) is 0 Å². The van der Waals surface area contributed by atoms with Gasteiger partial charge in [0.05, 0.1) is 0 Å². The van der Waals surface area contributed by atoms with Crippen molar-refractivity contribution in [1.82, 2.24) is 9.55 Å². The lowest BCUT2D eigenvalue weighted by molar-refractivity contribution is 1.07. The number of aromatic nitrogens is 2. The molecule has 42 valence electrons. The van der Waals surface area contributed by atoms with Crippen molar-refractivity contribution in [2.45, 2.75) is 0 Å². The normalized spacial score (nSPS) is 9.00. The van der Waals surface area contributed by atoms with Crippen LogP contribution in [0.4, 0.5) is 0 Å². The highest BCUT2D eigenvalue weighted by molar-refractivity contribution is 5.34. The zero-order chi connectivity index (χ0) is 5.98. The molecule has 0 fully saturated rings. The highest BCUT2D eigenvalue weighted by atomic mass is 15.1. The average Bonchev–Trinajstić information content (AvgIpc) is 2.12. The largest absolute Gasteiger partial charge is 0.385 e. The molecule has 0 unspecified atom stereocenters. The Labute approximate surface area is 47.5 Å². The Balaban J connectivity index is 2.93. The quantitative estimate of drug-likeness (QED) is 0.562. The van der Waals surface area contributed by atoms with Crippen molar-refractivity contribution in [3.63, 3.8) is 0 Å². The van der Waals surface area contributed by atoms with Crippen molar-refractivity contribution >= 4 is 5.82 Å². The standard InChI is InChI=1S/C5H7N3/c1-5(6)8-3-2-7-4-8/h2-4H,1,6H2. The summed E-state index contributed by atoms with van der Waals surface area (Å²) in [6.07, 6.45) is 4.99. The maximum absolute atomic E-state index is 5.29. The molecule has 0 spiro atoms. The lowest BCUT2D eigenvalue weighted by Crippen LogP contribution is -2.00. The fourth-order valence-corrected chi connectivity index (χ4v) is 0.429. The van der Waals surface area contributed by atoms with Gasteiger partial charge in [0.25, 0.3) is 0 Å². The van der Waals surface area contributed by atoms with E-state index in [4.69, 9.17) is 5.73 Å². The number of nitrogens with zero attached hydrogens (tertiary/aromatic N) is 2. The molecular weight excluding hydrogens is 102 g/mol. The number of nitrogens with two attached hydrogens (primary N) is 1. The number of hydrogen-bond donors (Lipinski definition) is 1. The average molecular weight is 109 g/mol. The van der Waals surface area contributed by atoms with E-state index in [0.717, 1.165) is 0 Å². The van der Waals surface area contributed by atoms with E-state index in [1.54, 1.807) is 23.3 Å². The van der Waals surface area contributed by atoms with Crippen LogP contribution in [-0.2, 0) is 0 Å². The summed E-state index contributed by atoms with van der Waals surface area (Å²) in [5.74, 6) is 0.488. The van der Waals surface area contributed by atoms with Crippen LogP contribution in [-0.4, -0.2) is 9.55 Å². The molecule has 1 heterocycles. The van der Waals surface area contributed by atoms with Gasteiger partial charge in [-0.2, -0.15) is 0 Å². The van der Waals surface area contributed by atoms with Crippen LogP contribution >= 0.6 is 0 Å². The predicted molar refractivity (Wildman–Crippen MR) is 31.7 cm³/mol. The molecule has 0 radical (unpaired) electrons. The molecule has 3 heteroatoms. The first-order valence-electron chi connectivity index (χ1n) is 2.23. The fraction of sp³-hybridized carbons (Fsp3) is 0. The Bertz CT molecular complexity index is 176. The fourth-order valence-electron chi connectivity index (χ4n) is 0.429. The van der Waals surface area contributed by atoms with Gasteiger partial charge in [-0.15, -0.1) is 0 Å². The lowest BCUT2D eigenvalue weighted by atomic mass is 10.8. The second kappa shape index (κ2) is 1.69. The first kappa shape index (κ1) is 4.90. The van der Waals surface area contributed by atoms with Crippen LogP contribution in [0, 0.1) is 0 Å². The first-order chi connectivity index (χ1) is 3.80. The van der Waals surface area contributed by atoms with E-state index in [1.165, 1.54) is 0 Å². The van der Waals surface area contributed by atoms with Gasteiger partial charge in [0.1, 0.15) is 12.1 Å². The topological polar surface area (TPSA) is 43.8 Å². The second-order valence-electron chi connectivity index (χ2n) is 1.46. The molecule has 1 aromatic rings. The minimum atomic E-state index is 0.488. The second-order valence-corrected chi connectivity index (χ2v) is 1.46. The van der Waals surface area contributed by atoms with Crippen molar-refractivity contribution in [3.05, 3.63) is 25.3 Å². The molecule has 2 N–H and O–H groups in total. The molecule has 1 rings (SSSR count). The summed E-state index contributed by atoms with van der Waals surface area (Å²) in [5, 5.41) is 0. The molecule has 0 aromatic carbocycles. The Kier molecular flexibility index (Phi) is 1.04. The van der Waals surface area contributed by atoms with E-state index < -0.39 is 0 Å². The third kappa shape index (κ3) is 0.703. The minimum absolute atomic E-state index is 0.488. The molecule has 0 aliphatic heterocycles. The number of rotatable bonds is 1. The van der Waals surface area contributed by atoms with E-state index in [0.29, 0.717) is 5.82 Å². The van der Waals surface area contributed by atoms with Crippen molar-refractivity contribution < 1.29 is 0 Å². The summed E-state index contributed by atoms with van der Waals surface area (Å²) < 4.78 is 1.64. The van der Waals surface area contributed by atoms with Crippen LogP contribution in [0.1, 0.15) is 0 Å². The highest BCUT2D eigenvalue weighted by Gasteiger charge is 1.84. The maximum Gasteiger partial charge on any atom is 0.101 e. The Hall–Kier alpha value is -1.25. The molecule has 0 saturated heterocycles. The van der Waals surface area contributed by atoms with Crippen LogP contribution in [0.25, 0.3) is 5.82 Å². The Morgan fingerprint density at radius 1 is 1.75 bits per heavy atom. The van der Waals surface area contributed by atoms with Gasteiger partial charge < -0.3 is 5.73 Å². The van der Waals surface area contributed by atoms with Crippen LogP contribution in [0.15, 0.2) is 25.3 Å². The monoisotopic (exact) mass is 109 g/mol. The van der Waals surface area contributed by atoms with E-state index in [2.05, 4.69) is 11.6 Å². The van der Waals surface area contributed by atoms with Gasteiger partial charge in [-0.3, -0.25) is 4.57 Å². The molecule has 0 aliphatic carbocycles. The molecule has 0 amide bonds. The molecule has 8 heavy (non-hydrogen) atoms. The first-order valence-corrected chi connectivity index (χ1v) is 2.23. The highest BCUT2D eigenvalue weighted by Crippen LogP contribution is 1.88. The zero-order valence-corrected chi connectivity index (χ0v) is 4.41.